The first-order chi connectivity index (χ1) is 12.7. The van der Waals surface area contributed by atoms with E-state index in [0.717, 1.165) is 46.6 Å². The van der Waals surface area contributed by atoms with Crippen molar-refractivity contribution >= 4 is 38.9 Å². The number of para-hydroxylation sites is 1. The molecule has 1 unspecified atom stereocenters. The Hall–Kier alpha value is -2.04. The molecule has 0 aliphatic carbocycles. The summed E-state index contributed by atoms with van der Waals surface area (Å²) in [5.74, 6) is 1.35. The van der Waals surface area contributed by atoms with Gasteiger partial charge in [0.2, 0.25) is 0 Å². The Balaban J connectivity index is 1.43. The molecule has 3 aromatic rings. The minimum atomic E-state index is 0.103. The van der Waals surface area contributed by atoms with Crippen LogP contribution in [0.1, 0.15) is 22.5 Å². The van der Waals surface area contributed by atoms with Crippen LogP contribution in [-0.4, -0.2) is 30.5 Å². The highest BCUT2D eigenvalue weighted by Gasteiger charge is 2.26. The van der Waals surface area contributed by atoms with Crippen molar-refractivity contribution in [3.8, 4) is 5.75 Å². The normalized spacial score (nSPS) is 17.4. The van der Waals surface area contributed by atoms with E-state index in [1.165, 1.54) is 11.3 Å². The largest absolute Gasteiger partial charge is 0.493 e. The van der Waals surface area contributed by atoms with Crippen molar-refractivity contribution in [1.29, 1.82) is 0 Å². The summed E-state index contributed by atoms with van der Waals surface area (Å²) in [4.78, 5) is 15.7. The van der Waals surface area contributed by atoms with E-state index in [-0.39, 0.29) is 5.91 Å². The zero-order valence-corrected chi connectivity index (χ0v) is 15.9. The molecule has 0 N–H and O–H groups in total. The van der Waals surface area contributed by atoms with Crippen LogP contribution in [0.4, 0.5) is 0 Å². The second-order valence-corrected chi connectivity index (χ2v) is 8.11. The molecule has 5 heteroatoms. The number of ether oxygens (including phenoxy) is 1. The summed E-state index contributed by atoms with van der Waals surface area (Å²) in [5, 5.41) is 1.74. The highest BCUT2D eigenvalue weighted by molar-refractivity contribution is 7.21. The van der Waals surface area contributed by atoms with Crippen molar-refractivity contribution in [2.45, 2.75) is 12.8 Å². The van der Waals surface area contributed by atoms with Crippen LogP contribution < -0.4 is 4.74 Å². The van der Waals surface area contributed by atoms with E-state index in [0.29, 0.717) is 17.5 Å². The average Bonchev–Trinajstić information content (AvgIpc) is 3.13. The predicted molar refractivity (Wildman–Crippen MR) is 107 cm³/mol. The minimum absolute atomic E-state index is 0.103. The van der Waals surface area contributed by atoms with Crippen molar-refractivity contribution in [2.75, 3.05) is 19.7 Å². The van der Waals surface area contributed by atoms with Crippen LogP contribution in [0.15, 0.2) is 54.6 Å². The zero-order chi connectivity index (χ0) is 17.9. The lowest BCUT2D eigenvalue weighted by Gasteiger charge is -2.32. The third-order valence-corrected chi connectivity index (χ3v) is 6.34. The van der Waals surface area contributed by atoms with Gasteiger partial charge in [-0.3, -0.25) is 4.79 Å². The Morgan fingerprint density at radius 3 is 2.85 bits per heavy atom. The van der Waals surface area contributed by atoms with Crippen LogP contribution in [0.5, 0.6) is 5.75 Å². The van der Waals surface area contributed by atoms with Crippen molar-refractivity contribution in [3.63, 3.8) is 0 Å². The number of likely N-dealkylation sites (tertiary alicyclic amines) is 1. The molecule has 1 aliphatic rings. The van der Waals surface area contributed by atoms with Gasteiger partial charge in [0.05, 0.1) is 21.2 Å². The Labute approximate surface area is 162 Å². The standard InChI is InChI=1S/C21H20ClNO2S/c22-18-10-4-7-16-12-19(26-20(16)18)21(24)23-11-5-6-15(13-23)14-25-17-8-2-1-3-9-17/h1-4,7-10,12,15H,5-6,11,13-14H2. The highest BCUT2D eigenvalue weighted by atomic mass is 35.5. The fourth-order valence-corrected chi connectivity index (χ4v) is 4.74. The van der Waals surface area contributed by atoms with E-state index in [9.17, 15) is 4.79 Å². The summed E-state index contributed by atoms with van der Waals surface area (Å²) in [6, 6.07) is 17.6. The average molecular weight is 386 g/mol. The molecule has 0 radical (unpaired) electrons. The number of rotatable bonds is 4. The Kier molecular flexibility index (Phi) is 5.14. The summed E-state index contributed by atoms with van der Waals surface area (Å²) in [5.41, 5.74) is 0. The lowest BCUT2D eigenvalue weighted by atomic mass is 9.99. The summed E-state index contributed by atoms with van der Waals surface area (Å²) in [6.45, 7) is 2.20. The van der Waals surface area contributed by atoms with Crippen molar-refractivity contribution < 1.29 is 9.53 Å². The lowest BCUT2D eigenvalue weighted by Crippen LogP contribution is -2.41. The maximum absolute atomic E-state index is 13.0. The number of amides is 1. The first-order valence-corrected chi connectivity index (χ1v) is 10.1. The molecule has 2 aromatic carbocycles. The van der Waals surface area contributed by atoms with E-state index in [1.54, 1.807) is 0 Å². The molecule has 0 spiro atoms. The molecule has 2 heterocycles. The fraction of sp³-hybridized carbons (Fsp3) is 0.286. The van der Waals surface area contributed by atoms with E-state index in [2.05, 4.69) is 0 Å². The number of piperidine rings is 1. The summed E-state index contributed by atoms with van der Waals surface area (Å²) in [7, 11) is 0. The summed E-state index contributed by atoms with van der Waals surface area (Å²) in [6.07, 6.45) is 2.11. The van der Waals surface area contributed by atoms with Gasteiger partial charge in [0.15, 0.2) is 0 Å². The second kappa shape index (κ2) is 7.68. The van der Waals surface area contributed by atoms with E-state index >= 15 is 0 Å². The number of hydrogen-bond acceptors (Lipinski definition) is 3. The number of halogens is 1. The molecule has 4 rings (SSSR count). The third kappa shape index (κ3) is 3.71. The van der Waals surface area contributed by atoms with Gasteiger partial charge in [-0.05, 0) is 42.5 Å². The number of carbonyl (C=O) groups is 1. The van der Waals surface area contributed by atoms with Crippen LogP contribution in [0.2, 0.25) is 5.02 Å². The van der Waals surface area contributed by atoms with Gasteiger partial charge in [0.25, 0.3) is 5.91 Å². The SMILES string of the molecule is O=C(c1cc2cccc(Cl)c2s1)N1CCCC(COc2ccccc2)C1. The van der Waals surface area contributed by atoms with Crippen LogP contribution in [0.25, 0.3) is 10.1 Å². The maximum Gasteiger partial charge on any atom is 0.263 e. The highest BCUT2D eigenvalue weighted by Crippen LogP contribution is 2.33. The van der Waals surface area contributed by atoms with Gasteiger partial charge in [-0.2, -0.15) is 0 Å². The molecular formula is C21H20ClNO2S. The van der Waals surface area contributed by atoms with Crippen LogP contribution in [0.3, 0.4) is 0 Å². The number of benzene rings is 2. The second-order valence-electron chi connectivity index (χ2n) is 6.65. The molecule has 26 heavy (non-hydrogen) atoms. The van der Waals surface area contributed by atoms with Crippen LogP contribution in [0, 0.1) is 5.92 Å². The number of fused-ring (bicyclic) bond motifs is 1. The Bertz CT molecular complexity index is 909. The van der Waals surface area contributed by atoms with Crippen molar-refractivity contribution in [2.24, 2.45) is 5.92 Å². The lowest BCUT2D eigenvalue weighted by molar-refractivity contribution is 0.0638. The number of thiophene rings is 1. The quantitative estimate of drug-likeness (QED) is 0.594. The molecule has 1 saturated heterocycles. The predicted octanol–water partition coefficient (Wildman–Crippen LogP) is 5.49. The smallest absolute Gasteiger partial charge is 0.263 e. The minimum Gasteiger partial charge on any atom is -0.493 e. The first kappa shape index (κ1) is 17.4. The Morgan fingerprint density at radius 2 is 2.04 bits per heavy atom. The van der Waals surface area contributed by atoms with Gasteiger partial charge in [-0.25, -0.2) is 0 Å². The third-order valence-electron chi connectivity index (χ3n) is 4.74. The maximum atomic E-state index is 13.0. The van der Waals surface area contributed by atoms with E-state index < -0.39 is 0 Å². The van der Waals surface area contributed by atoms with E-state index in [4.69, 9.17) is 16.3 Å². The van der Waals surface area contributed by atoms with E-state index in [1.807, 2.05) is 59.5 Å². The number of nitrogens with zero attached hydrogens (tertiary/aromatic N) is 1. The van der Waals surface area contributed by atoms with Crippen molar-refractivity contribution in [1.82, 2.24) is 4.90 Å². The molecule has 134 valence electrons. The molecule has 1 atom stereocenters. The van der Waals surface area contributed by atoms with Gasteiger partial charge in [-0.15, -0.1) is 11.3 Å². The van der Waals surface area contributed by atoms with Crippen molar-refractivity contribution in [3.05, 3.63) is 64.5 Å². The van der Waals surface area contributed by atoms with Gasteiger partial charge < -0.3 is 9.64 Å². The molecule has 1 aromatic heterocycles. The van der Waals surface area contributed by atoms with Crippen LogP contribution in [-0.2, 0) is 0 Å². The molecule has 1 aliphatic heterocycles. The topological polar surface area (TPSA) is 29.5 Å². The van der Waals surface area contributed by atoms with Crippen LogP contribution >= 0.6 is 22.9 Å². The summed E-state index contributed by atoms with van der Waals surface area (Å²) >= 11 is 7.74. The molecular weight excluding hydrogens is 366 g/mol. The molecule has 1 fully saturated rings. The molecule has 1 amide bonds. The monoisotopic (exact) mass is 385 g/mol. The number of carbonyl (C=O) groups excluding carboxylic acids is 1. The molecule has 0 bridgehead atoms. The summed E-state index contributed by atoms with van der Waals surface area (Å²) < 4.78 is 6.87. The zero-order valence-electron chi connectivity index (χ0n) is 14.4. The van der Waals surface area contributed by atoms with Gasteiger partial charge in [0.1, 0.15) is 5.75 Å². The van der Waals surface area contributed by atoms with Gasteiger partial charge in [0, 0.05) is 19.0 Å². The molecule has 3 nitrogen and oxygen atoms in total. The van der Waals surface area contributed by atoms with Gasteiger partial charge >= 0.3 is 0 Å². The first-order valence-electron chi connectivity index (χ1n) is 8.86. The Morgan fingerprint density at radius 1 is 1.19 bits per heavy atom. The van der Waals surface area contributed by atoms with Gasteiger partial charge in [-0.1, -0.05) is 41.9 Å². The fourth-order valence-electron chi connectivity index (χ4n) is 3.41. The molecule has 0 saturated carbocycles. The number of hydrogen-bond donors (Lipinski definition) is 0.